The molecule has 1 aromatic carbocycles. The molecule has 11 heteroatoms. The third-order valence-corrected chi connectivity index (χ3v) is 7.37. The van der Waals surface area contributed by atoms with E-state index in [0.717, 1.165) is 31.6 Å². The zero-order valence-electron chi connectivity index (χ0n) is 17.6. The van der Waals surface area contributed by atoms with Gasteiger partial charge in [0.1, 0.15) is 29.0 Å². The first-order valence-corrected chi connectivity index (χ1v) is 11.7. The molecule has 7 nitrogen and oxygen atoms in total. The van der Waals surface area contributed by atoms with E-state index in [1.165, 1.54) is 18.3 Å². The molecule has 1 aliphatic rings. The van der Waals surface area contributed by atoms with Crippen molar-refractivity contribution in [3.8, 4) is 23.2 Å². The van der Waals surface area contributed by atoms with E-state index in [1.54, 1.807) is 29.0 Å². The number of nitrogens with one attached hydrogen (secondary N) is 2. The lowest BCUT2D eigenvalue weighted by molar-refractivity contribution is -0.147. The summed E-state index contributed by atoms with van der Waals surface area (Å²) in [5, 5.41) is 10.1. The minimum absolute atomic E-state index is 0.00376. The van der Waals surface area contributed by atoms with E-state index in [9.17, 15) is 26.9 Å². The van der Waals surface area contributed by atoms with Crippen molar-refractivity contribution in [2.75, 3.05) is 6.61 Å². The van der Waals surface area contributed by atoms with Crippen LogP contribution in [0.25, 0.3) is 22.3 Å². The topological polar surface area (TPSA) is 108 Å². The average molecular weight is 478 g/mol. The van der Waals surface area contributed by atoms with E-state index < -0.39 is 27.7 Å². The van der Waals surface area contributed by atoms with Crippen LogP contribution in [0.15, 0.2) is 47.5 Å². The SMILES string of the molecule is C[C@@H](NS(=O)(=O)c1cccnc1-c1cc2ccc(OCC3(C#N)CCC3)cc2[nH]1)C(F)(F)F. The van der Waals surface area contributed by atoms with Gasteiger partial charge in [0, 0.05) is 23.2 Å². The van der Waals surface area contributed by atoms with Gasteiger partial charge in [0.2, 0.25) is 10.0 Å². The number of nitriles is 1. The highest BCUT2D eigenvalue weighted by molar-refractivity contribution is 7.89. The lowest BCUT2D eigenvalue weighted by Gasteiger charge is -2.34. The monoisotopic (exact) mass is 478 g/mol. The molecule has 0 bridgehead atoms. The van der Waals surface area contributed by atoms with Crippen molar-refractivity contribution in [1.82, 2.24) is 14.7 Å². The smallest absolute Gasteiger partial charge is 0.404 e. The summed E-state index contributed by atoms with van der Waals surface area (Å²) in [6.45, 7) is 1.02. The van der Waals surface area contributed by atoms with Gasteiger partial charge in [-0.05, 0) is 50.1 Å². The van der Waals surface area contributed by atoms with Gasteiger partial charge in [-0.2, -0.15) is 23.2 Å². The molecule has 0 unspecified atom stereocenters. The summed E-state index contributed by atoms with van der Waals surface area (Å²) in [6, 6.07) is 9.50. The fourth-order valence-electron chi connectivity index (χ4n) is 3.61. The number of fused-ring (bicyclic) bond motifs is 1. The molecule has 1 fully saturated rings. The molecule has 1 saturated carbocycles. The van der Waals surface area contributed by atoms with Crippen molar-refractivity contribution >= 4 is 20.9 Å². The van der Waals surface area contributed by atoms with E-state index in [1.807, 2.05) is 0 Å². The van der Waals surface area contributed by atoms with Gasteiger partial charge in [-0.3, -0.25) is 4.98 Å². The summed E-state index contributed by atoms with van der Waals surface area (Å²) in [4.78, 5) is 6.80. The Bertz CT molecular complexity index is 1320. The second-order valence-corrected chi connectivity index (χ2v) is 9.88. The van der Waals surface area contributed by atoms with Crippen molar-refractivity contribution in [2.45, 2.75) is 43.3 Å². The molecule has 0 spiro atoms. The van der Waals surface area contributed by atoms with Crippen LogP contribution in [-0.2, 0) is 10.0 Å². The van der Waals surface area contributed by atoms with Crippen LogP contribution in [0.4, 0.5) is 13.2 Å². The molecule has 174 valence electrons. The summed E-state index contributed by atoms with van der Waals surface area (Å²) in [7, 11) is -4.50. The normalized spacial score (nSPS) is 16.7. The predicted molar refractivity (Wildman–Crippen MR) is 115 cm³/mol. The number of hydrogen-bond donors (Lipinski definition) is 2. The second-order valence-electron chi connectivity index (χ2n) is 8.20. The number of halogens is 3. The van der Waals surface area contributed by atoms with Crippen molar-refractivity contribution in [3.63, 3.8) is 0 Å². The first kappa shape index (κ1) is 23.1. The van der Waals surface area contributed by atoms with Crippen molar-refractivity contribution in [3.05, 3.63) is 42.6 Å². The zero-order valence-corrected chi connectivity index (χ0v) is 18.4. The molecule has 3 aromatic rings. The van der Waals surface area contributed by atoms with Gasteiger partial charge in [-0.1, -0.05) is 6.42 Å². The van der Waals surface area contributed by atoms with Crippen LogP contribution in [0.2, 0.25) is 0 Å². The van der Waals surface area contributed by atoms with Crippen molar-refractivity contribution < 1.29 is 26.3 Å². The fraction of sp³-hybridized carbons (Fsp3) is 0.364. The lowest BCUT2D eigenvalue weighted by Crippen LogP contribution is -2.43. The maximum absolute atomic E-state index is 12.9. The number of alkyl halides is 3. The molecule has 0 aliphatic heterocycles. The van der Waals surface area contributed by atoms with E-state index in [4.69, 9.17) is 4.74 Å². The van der Waals surface area contributed by atoms with Gasteiger partial charge in [0.05, 0.1) is 17.2 Å². The maximum atomic E-state index is 12.9. The van der Waals surface area contributed by atoms with Crippen LogP contribution in [-0.4, -0.2) is 37.2 Å². The zero-order chi connectivity index (χ0) is 23.9. The number of aromatic amines is 1. The largest absolute Gasteiger partial charge is 0.492 e. The number of nitrogens with zero attached hydrogens (tertiary/aromatic N) is 2. The van der Waals surface area contributed by atoms with Gasteiger partial charge in [0.15, 0.2) is 0 Å². The van der Waals surface area contributed by atoms with Gasteiger partial charge < -0.3 is 9.72 Å². The molecule has 0 saturated heterocycles. The van der Waals surface area contributed by atoms with Gasteiger partial charge in [0.25, 0.3) is 0 Å². The van der Waals surface area contributed by atoms with Gasteiger partial charge in [-0.15, -0.1) is 0 Å². The van der Waals surface area contributed by atoms with Crippen LogP contribution >= 0.6 is 0 Å². The minimum atomic E-state index is -4.73. The Hall–Kier alpha value is -3.10. The Kier molecular flexibility index (Phi) is 5.84. The summed E-state index contributed by atoms with van der Waals surface area (Å²) < 4.78 is 71.5. The molecular weight excluding hydrogens is 457 g/mol. The number of rotatable bonds is 7. The first-order chi connectivity index (χ1) is 15.5. The average Bonchev–Trinajstić information content (AvgIpc) is 3.16. The number of sulfonamides is 1. The fourth-order valence-corrected chi connectivity index (χ4v) is 5.01. The molecule has 1 aliphatic carbocycles. The van der Waals surface area contributed by atoms with Gasteiger partial charge in [-0.25, -0.2) is 8.42 Å². The van der Waals surface area contributed by atoms with E-state index >= 15 is 0 Å². The molecule has 4 rings (SSSR count). The number of benzene rings is 1. The van der Waals surface area contributed by atoms with Crippen LogP contribution in [0.1, 0.15) is 26.2 Å². The van der Waals surface area contributed by atoms with Crippen LogP contribution in [0, 0.1) is 16.7 Å². The number of H-pyrrole nitrogens is 1. The van der Waals surface area contributed by atoms with Crippen LogP contribution in [0.3, 0.4) is 0 Å². The first-order valence-electron chi connectivity index (χ1n) is 10.2. The minimum Gasteiger partial charge on any atom is -0.492 e. The Morgan fingerprint density at radius 3 is 2.70 bits per heavy atom. The van der Waals surface area contributed by atoms with Crippen LogP contribution < -0.4 is 9.46 Å². The quantitative estimate of drug-likeness (QED) is 0.519. The lowest BCUT2D eigenvalue weighted by atomic mass is 9.71. The predicted octanol–water partition coefficient (Wildman–Crippen LogP) is 4.53. The Balaban J connectivity index is 1.63. The summed E-state index contributed by atoms with van der Waals surface area (Å²) in [6.07, 6.45) is -0.757. The summed E-state index contributed by atoms with van der Waals surface area (Å²) in [5.74, 6) is 0.548. The summed E-state index contributed by atoms with van der Waals surface area (Å²) >= 11 is 0. The molecule has 2 N–H and O–H groups in total. The maximum Gasteiger partial charge on any atom is 0.404 e. The number of aromatic nitrogens is 2. The van der Waals surface area contributed by atoms with E-state index in [0.29, 0.717) is 17.0 Å². The second kappa shape index (κ2) is 8.35. The molecular formula is C22H21F3N4O3S. The molecule has 0 radical (unpaired) electrons. The van der Waals surface area contributed by atoms with E-state index in [2.05, 4.69) is 16.0 Å². The molecule has 1 atom stereocenters. The number of hydrogen-bond acceptors (Lipinski definition) is 5. The molecule has 2 heterocycles. The van der Waals surface area contributed by atoms with Crippen molar-refractivity contribution in [2.24, 2.45) is 5.41 Å². The highest BCUT2D eigenvalue weighted by Gasteiger charge is 2.40. The highest BCUT2D eigenvalue weighted by atomic mass is 32.2. The third kappa shape index (κ3) is 4.67. The number of pyridine rings is 1. The van der Waals surface area contributed by atoms with Crippen LogP contribution in [0.5, 0.6) is 5.75 Å². The molecule has 33 heavy (non-hydrogen) atoms. The number of ether oxygens (including phenoxy) is 1. The Morgan fingerprint density at radius 1 is 1.30 bits per heavy atom. The van der Waals surface area contributed by atoms with Gasteiger partial charge >= 0.3 is 6.18 Å². The summed E-state index contributed by atoms with van der Waals surface area (Å²) in [5.41, 5.74) is 0.507. The standard InChI is InChI=1S/C22H21F3N4O3S/c1-14(22(23,24)25)29-33(30,31)19-4-2-9-27-20(19)18-10-15-5-6-16(11-17(15)28-18)32-13-21(12-26)7-3-8-21/h2,4-6,9-11,14,28-29H,3,7-8,13H2,1H3/t14-/m1/s1. The third-order valence-electron chi connectivity index (χ3n) is 5.80. The van der Waals surface area contributed by atoms with E-state index in [-0.39, 0.29) is 17.2 Å². The molecule has 0 amide bonds. The Morgan fingerprint density at radius 2 is 2.06 bits per heavy atom. The Labute approximate surface area is 188 Å². The highest BCUT2D eigenvalue weighted by Crippen LogP contribution is 2.40. The molecule has 2 aromatic heterocycles. The van der Waals surface area contributed by atoms with Crippen molar-refractivity contribution in [1.29, 1.82) is 5.26 Å².